The zero-order valence-corrected chi connectivity index (χ0v) is 13.7. The molecule has 0 unspecified atom stereocenters. The number of carboxylic acid groups (broad SMARTS) is 2. The average molecular weight is 353 g/mol. The van der Waals surface area contributed by atoms with E-state index in [9.17, 15) is 9.59 Å². The first-order valence-corrected chi connectivity index (χ1v) is 8.11. The lowest BCUT2D eigenvalue weighted by atomic mass is 9.86. The van der Waals surface area contributed by atoms with Gasteiger partial charge in [0.1, 0.15) is 11.4 Å². The molecule has 138 valence electrons. The van der Waals surface area contributed by atoms with Crippen molar-refractivity contribution in [3.63, 3.8) is 0 Å². The van der Waals surface area contributed by atoms with Crippen molar-refractivity contribution < 1.29 is 34.8 Å². The van der Waals surface area contributed by atoms with E-state index in [0.29, 0.717) is 0 Å². The van der Waals surface area contributed by atoms with Crippen LogP contribution in [0.5, 0.6) is 5.75 Å². The third kappa shape index (κ3) is 4.47. The van der Waals surface area contributed by atoms with Crippen LogP contribution < -0.4 is 10.5 Å². The highest BCUT2D eigenvalue weighted by Crippen LogP contribution is 2.45. The van der Waals surface area contributed by atoms with Gasteiger partial charge in [-0.05, 0) is 31.7 Å². The molecule has 0 bridgehead atoms. The number of carboxylic acids is 2. The van der Waals surface area contributed by atoms with Crippen LogP contribution in [0.2, 0.25) is 0 Å². The first-order valence-electron chi connectivity index (χ1n) is 8.11. The fraction of sp³-hybridized carbons (Fsp3) is 0.529. The molecule has 8 heteroatoms. The molecule has 1 aromatic rings. The molecule has 1 aliphatic heterocycles. The van der Waals surface area contributed by atoms with E-state index in [0.717, 1.165) is 12.2 Å². The highest BCUT2D eigenvalue weighted by atomic mass is 16.5. The van der Waals surface area contributed by atoms with E-state index in [2.05, 4.69) is 12.1 Å². The summed E-state index contributed by atoms with van der Waals surface area (Å²) in [5.41, 5.74) is 7.46. The standard InChI is InChI=1S/C13H17NO.C4H6O6/c14-11-9-13(7-3-4-8-13)15-12-6-2-1-5-10(11)12;5-1(3(7)8)2(6)4(9)10/h1-2,5-6,11H,3-4,7-9,14H2;1-2,5-6H,(H,7,8)(H,9,10)/t11-;1-,2-/m10/s1. The molecular formula is C17H23NO7. The number of para-hydroxylation sites is 1. The van der Waals surface area contributed by atoms with Crippen LogP contribution >= 0.6 is 0 Å². The SMILES string of the molecule is N[C@@H]1CC2(CCCC2)Oc2ccccc21.O=C(O)[C@@H](O)[C@H](O)C(=O)O. The monoisotopic (exact) mass is 353 g/mol. The third-order valence-corrected chi connectivity index (χ3v) is 4.56. The lowest BCUT2D eigenvalue weighted by Crippen LogP contribution is -2.40. The molecule has 0 saturated heterocycles. The molecular weight excluding hydrogens is 330 g/mol. The second-order valence-electron chi connectivity index (χ2n) is 6.41. The number of fused-ring (bicyclic) bond motifs is 1. The van der Waals surface area contributed by atoms with Gasteiger partial charge in [-0.2, -0.15) is 0 Å². The molecule has 1 fully saturated rings. The Morgan fingerprint density at radius 1 is 1.08 bits per heavy atom. The number of nitrogens with two attached hydrogens (primary N) is 1. The molecule has 1 aliphatic carbocycles. The molecule has 0 amide bonds. The van der Waals surface area contributed by atoms with E-state index in [1.165, 1.54) is 31.2 Å². The van der Waals surface area contributed by atoms with Crippen LogP contribution in [0.3, 0.4) is 0 Å². The van der Waals surface area contributed by atoms with Gasteiger partial charge in [0.05, 0.1) is 0 Å². The van der Waals surface area contributed by atoms with Crippen LogP contribution in [0.25, 0.3) is 0 Å². The summed E-state index contributed by atoms with van der Waals surface area (Å²) in [5.74, 6) is -2.53. The van der Waals surface area contributed by atoms with Crippen molar-refractivity contribution >= 4 is 11.9 Å². The van der Waals surface area contributed by atoms with Crippen LogP contribution in [0.4, 0.5) is 0 Å². The largest absolute Gasteiger partial charge is 0.487 e. The van der Waals surface area contributed by atoms with Crippen molar-refractivity contribution in [2.75, 3.05) is 0 Å². The lowest BCUT2D eigenvalue weighted by molar-refractivity contribution is -0.165. The number of aliphatic carboxylic acids is 2. The van der Waals surface area contributed by atoms with Crippen molar-refractivity contribution in [2.24, 2.45) is 5.73 Å². The predicted octanol–water partition coefficient (Wildman–Crippen LogP) is 0.659. The Bertz CT molecular complexity index is 609. The number of hydrogen-bond donors (Lipinski definition) is 5. The molecule has 0 aromatic heterocycles. The van der Waals surface area contributed by atoms with Crippen LogP contribution in [-0.4, -0.2) is 50.2 Å². The first kappa shape index (κ1) is 19.2. The number of hydrogen-bond acceptors (Lipinski definition) is 6. The highest BCUT2D eigenvalue weighted by Gasteiger charge is 2.41. The minimum absolute atomic E-state index is 0.0633. The fourth-order valence-corrected chi connectivity index (χ4v) is 3.26. The highest BCUT2D eigenvalue weighted by molar-refractivity contribution is 5.83. The summed E-state index contributed by atoms with van der Waals surface area (Å²) in [6.45, 7) is 0. The molecule has 0 radical (unpaired) electrons. The summed E-state index contributed by atoms with van der Waals surface area (Å²) in [7, 11) is 0. The lowest BCUT2D eigenvalue weighted by Gasteiger charge is -2.38. The summed E-state index contributed by atoms with van der Waals surface area (Å²) in [4.78, 5) is 19.5. The Balaban J connectivity index is 0.000000199. The van der Waals surface area contributed by atoms with Gasteiger partial charge >= 0.3 is 11.9 Å². The molecule has 2 aliphatic rings. The summed E-state index contributed by atoms with van der Waals surface area (Å²) >= 11 is 0. The maximum atomic E-state index is 9.77. The topological polar surface area (TPSA) is 150 Å². The first-order chi connectivity index (χ1) is 11.8. The van der Waals surface area contributed by atoms with Crippen LogP contribution in [-0.2, 0) is 9.59 Å². The van der Waals surface area contributed by atoms with E-state index in [1.54, 1.807) is 0 Å². The van der Waals surface area contributed by atoms with Gasteiger partial charge in [-0.15, -0.1) is 0 Å². The smallest absolute Gasteiger partial charge is 0.335 e. The second kappa shape index (κ2) is 7.81. The number of benzene rings is 1. The van der Waals surface area contributed by atoms with Crippen molar-refractivity contribution in [1.29, 1.82) is 0 Å². The summed E-state index contributed by atoms with van der Waals surface area (Å²) < 4.78 is 6.17. The van der Waals surface area contributed by atoms with E-state index >= 15 is 0 Å². The van der Waals surface area contributed by atoms with Gasteiger partial charge in [-0.1, -0.05) is 18.2 Å². The Kier molecular flexibility index (Phi) is 5.99. The maximum Gasteiger partial charge on any atom is 0.335 e. The minimum Gasteiger partial charge on any atom is -0.487 e. The fourth-order valence-electron chi connectivity index (χ4n) is 3.26. The van der Waals surface area contributed by atoms with E-state index < -0.39 is 24.1 Å². The van der Waals surface area contributed by atoms with Crippen LogP contribution in [0.1, 0.15) is 43.7 Å². The molecule has 1 saturated carbocycles. The average Bonchev–Trinajstić information content (AvgIpc) is 3.01. The second-order valence-corrected chi connectivity index (χ2v) is 6.41. The van der Waals surface area contributed by atoms with Crippen molar-refractivity contribution in [3.05, 3.63) is 29.8 Å². The number of carbonyl (C=O) groups is 2. The molecule has 1 spiro atoms. The Morgan fingerprint density at radius 3 is 2.12 bits per heavy atom. The summed E-state index contributed by atoms with van der Waals surface area (Å²) in [6.07, 6.45) is 1.38. The zero-order valence-electron chi connectivity index (χ0n) is 13.7. The predicted molar refractivity (Wildman–Crippen MR) is 87.1 cm³/mol. The molecule has 6 N–H and O–H groups in total. The van der Waals surface area contributed by atoms with Gasteiger partial charge in [0.15, 0.2) is 12.2 Å². The van der Waals surface area contributed by atoms with Crippen molar-refractivity contribution in [3.8, 4) is 5.75 Å². The van der Waals surface area contributed by atoms with Gasteiger partial charge in [0, 0.05) is 18.0 Å². The normalized spacial score (nSPS) is 22.8. The Hall–Kier alpha value is -2.16. The van der Waals surface area contributed by atoms with Gasteiger partial charge in [-0.3, -0.25) is 0 Å². The molecule has 1 aromatic carbocycles. The number of ether oxygens (including phenoxy) is 1. The Labute approximate surface area is 144 Å². The van der Waals surface area contributed by atoms with Crippen molar-refractivity contribution in [2.45, 2.75) is 56.0 Å². The maximum absolute atomic E-state index is 9.77. The van der Waals surface area contributed by atoms with Gasteiger partial charge < -0.3 is 30.9 Å². The quantitative estimate of drug-likeness (QED) is 0.532. The molecule has 3 rings (SSSR count). The number of aliphatic hydroxyl groups is 2. The van der Waals surface area contributed by atoms with Crippen LogP contribution in [0.15, 0.2) is 24.3 Å². The molecule has 3 atom stereocenters. The van der Waals surface area contributed by atoms with E-state index in [1.807, 2.05) is 12.1 Å². The van der Waals surface area contributed by atoms with Gasteiger partial charge in [0.2, 0.25) is 0 Å². The third-order valence-electron chi connectivity index (χ3n) is 4.56. The zero-order chi connectivity index (χ0) is 18.6. The Morgan fingerprint density at radius 2 is 1.60 bits per heavy atom. The number of rotatable bonds is 3. The molecule has 1 heterocycles. The number of aliphatic hydroxyl groups excluding tert-OH is 2. The molecule has 25 heavy (non-hydrogen) atoms. The van der Waals surface area contributed by atoms with Crippen molar-refractivity contribution in [1.82, 2.24) is 0 Å². The van der Waals surface area contributed by atoms with Gasteiger partial charge in [-0.25, -0.2) is 9.59 Å². The van der Waals surface area contributed by atoms with Gasteiger partial charge in [0.25, 0.3) is 0 Å². The summed E-state index contributed by atoms with van der Waals surface area (Å²) in [6, 6.07) is 8.36. The van der Waals surface area contributed by atoms with E-state index in [-0.39, 0.29) is 11.6 Å². The van der Waals surface area contributed by atoms with E-state index in [4.69, 9.17) is 30.9 Å². The van der Waals surface area contributed by atoms with Crippen LogP contribution in [0, 0.1) is 0 Å². The summed E-state index contributed by atoms with van der Waals surface area (Å²) in [5, 5.41) is 32.5. The minimum atomic E-state index is -2.27. The molecule has 8 nitrogen and oxygen atoms in total.